The third kappa shape index (κ3) is 4.23. The fourth-order valence-corrected chi connectivity index (χ4v) is 2.92. The molecule has 3 rings (SSSR count). The Bertz CT molecular complexity index is 972. The van der Waals surface area contributed by atoms with Gasteiger partial charge in [0.2, 0.25) is 5.78 Å². The van der Waals surface area contributed by atoms with Crippen LogP contribution in [0.2, 0.25) is 0 Å². The Balaban J connectivity index is 1.80. The van der Waals surface area contributed by atoms with Gasteiger partial charge in [-0.1, -0.05) is 64.9 Å². The van der Waals surface area contributed by atoms with Crippen molar-refractivity contribution in [3.63, 3.8) is 0 Å². The van der Waals surface area contributed by atoms with E-state index in [0.29, 0.717) is 29.2 Å². The number of hydrogen-bond donors (Lipinski definition) is 0. The van der Waals surface area contributed by atoms with Gasteiger partial charge >= 0.3 is 0 Å². The van der Waals surface area contributed by atoms with Crippen molar-refractivity contribution < 1.29 is 14.5 Å². The van der Waals surface area contributed by atoms with Crippen LogP contribution in [0.25, 0.3) is 5.57 Å². The Hall–Kier alpha value is -3.54. The molecule has 1 aliphatic heterocycles. The molecule has 2 aromatic carbocycles. The quantitative estimate of drug-likeness (QED) is 0.420. The van der Waals surface area contributed by atoms with Gasteiger partial charge in [0.05, 0.1) is 6.54 Å². The average Bonchev–Trinajstić information content (AvgIpc) is 3.22. The van der Waals surface area contributed by atoms with E-state index < -0.39 is 0 Å². The second kappa shape index (κ2) is 8.90. The van der Waals surface area contributed by atoms with Crippen molar-refractivity contribution in [2.24, 2.45) is 15.3 Å². The van der Waals surface area contributed by atoms with E-state index in [2.05, 4.69) is 15.3 Å². The van der Waals surface area contributed by atoms with Crippen LogP contribution in [0.4, 0.5) is 0 Å². The van der Waals surface area contributed by atoms with Gasteiger partial charge in [-0.05, 0) is 24.1 Å². The Morgan fingerprint density at radius 3 is 2.25 bits per heavy atom. The summed E-state index contributed by atoms with van der Waals surface area (Å²) in [7, 11) is 2.97. The maximum Gasteiger partial charge on any atom is 0.210 e. The van der Waals surface area contributed by atoms with Crippen LogP contribution in [0.1, 0.15) is 28.4 Å². The van der Waals surface area contributed by atoms with Gasteiger partial charge in [-0.3, -0.25) is 9.79 Å². The Kier molecular flexibility index (Phi) is 6.11. The predicted octanol–water partition coefficient (Wildman–Crippen LogP) is 3.78. The van der Waals surface area contributed by atoms with Gasteiger partial charge in [0.25, 0.3) is 0 Å². The molecule has 0 N–H and O–H groups in total. The van der Waals surface area contributed by atoms with Gasteiger partial charge in [0.1, 0.15) is 31.4 Å². The number of aliphatic imine (C=N–C) groups is 1. The second-order valence-electron chi connectivity index (χ2n) is 6.13. The van der Waals surface area contributed by atoms with E-state index in [1.165, 1.54) is 14.2 Å². The summed E-state index contributed by atoms with van der Waals surface area (Å²) in [5.41, 5.74) is 5.17. The molecule has 0 atom stereocenters. The third-order valence-electron chi connectivity index (χ3n) is 4.28. The first-order valence-electron chi connectivity index (χ1n) is 8.79. The van der Waals surface area contributed by atoms with Gasteiger partial charge in [-0.2, -0.15) is 0 Å². The highest BCUT2D eigenvalue weighted by atomic mass is 16.6. The zero-order valence-electron chi connectivity index (χ0n) is 16.0. The molecular formula is C22H21N3O3. The summed E-state index contributed by atoms with van der Waals surface area (Å²) in [5, 5.41) is 7.95. The zero-order valence-corrected chi connectivity index (χ0v) is 16.0. The van der Waals surface area contributed by atoms with Crippen molar-refractivity contribution in [2.45, 2.75) is 6.92 Å². The van der Waals surface area contributed by atoms with Crippen LogP contribution in [-0.2, 0) is 9.68 Å². The highest BCUT2D eigenvalue weighted by Gasteiger charge is 2.18. The van der Waals surface area contributed by atoms with E-state index in [9.17, 15) is 4.79 Å². The molecule has 0 aliphatic carbocycles. The van der Waals surface area contributed by atoms with Crippen LogP contribution >= 0.6 is 0 Å². The number of carbonyl (C=O) groups is 1. The number of allylic oxidation sites excluding steroid dienone is 1. The molecule has 0 aromatic heterocycles. The monoisotopic (exact) mass is 375 g/mol. The van der Waals surface area contributed by atoms with Crippen LogP contribution in [0.5, 0.6) is 0 Å². The lowest BCUT2D eigenvalue weighted by Gasteiger charge is -2.07. The molecule has 0 saturated carbocycles. The van der Waals surface area contributed by atoms with E-state index in [-0.39, 0.29) is 5.78 Å². The van der Waals surface area contributed by atoms with Crippen molar-refractivity contribution in [1.29, 1.82) is 0 Å². The van der Waals surface area contributed by atoms with E-state index in [1.54, 1.807) is 19.1 Å². The van der Waals surface area contributed by atoms with Gasteiger partial charge in [0, 0.05) is 11.1 Å². The Morgan fingerprint density at radius 1 is 0.929 bits per heavy atom. The lowest BCUT2D eigenvalue weighted by molar-refractivity contribution is 0.106. The topological polar surface area (TPSA) is 72.6 Å². The number of nitrogens with zero attached hydrogens (tertiary/aromatic N) is 3. The summed E-state index contributed by atoms with van der Waals surface area (Å²) in [6.45, 7) is 2.28. The van der Waals surface area contributed by atoms with E-state index >= 15 is 0 Å². The number of hydrogen-bond acceptors (Lipinski definition) is 6. The average molecular weight is 375 g/mol. The van der Waals surface area contributed by atoms with Crippen LogP contribution in [0.3, 0.4) is 0 Å². The fourth-order valence-electron chi connectivity index (χ4n) is 2.92. The zero-order chi connectivity index (χ0) is 19.9. The van der Waals surface area contributed by atoms with Gasteiger partial charge in [0.15, 0.2) is 0 Å². The molecule has 0 radical (unpaired) electrons. The summed E-state index contributed by atoms with van der Waals surface area (Å²) < 4.78 is 0. The molecule has 2 aromatic rings. The summed E-state index contributed by atoms with van der Waals surface area (Å²) in [4.78, 5) is 26.7. The first kappa shape index (κ1) is 19.2. The van der Waals surface area contributed by atoms with Crippen molar-refractivity contribution in [2.75, 3.05) is 20.8 Å². The SMILES string of the molecule is CO/N=C(C)/C(=N/OC)c1ccc(C2=CC(C(=O)c3ccccc3)=NC2)cc1. The molecule has 28 heavy (non-hydrogen) atoms. The molecule has 1 heterocycles. The summed E-state index contributed by atoms with van der Waals surface area (Å²) >= 11 is 0. The normalized spacial score (nSPS) is 14.4. The number of benzene rings is 2. The standard InChI is InChI=1S/C22H21N3O3/c1-15(24-27-2)21(25-28-3)17-11-9-16(10-12-17)19-13-20(23-14-19)22(26)18-7-5-4-6-8-18/h4-13H,14H2,1-3H3/b24-15+,25-21-. The maximum atomic E-state index is 12.5. The number of rotatable bonds is 7. The Morgan fingerprint density at radius 2 is 1.61 bits per heavy atom. The lowest BCUT2D eigenvalue weighted by atomic mass is 10.00. The summed E-state index contributed by atoms with van der Waals surface area (Å²) in [6, 6.07) is 17.0. The van der Waals surface area contributed by atoms with Gasteiger partial charge in [-0.15, -0.1) is 0 Å². The highest BCUT2D eigenvalue weighted by Crippen LogP contribution is 2.21. The molecule has 0 amide bonds. The number of Topliss-reactive ketones (excluding diaryl/α,β-unsaturated/α-hetero) is 1. The number of ketones is 1. The summed E-state index contributed by atoms with van der Waals surface area (Å²) in [6.07, 6.45) is 1.85. The minimum absolute atomic E-state index is 0.0619. The number of oxime groups is 2. The van der Waals surface area contributed by atoms with E-state index in [0.717, 1.165) is 16.7 Å². The molecular weight excluding hydrogens is 354 g/mol. The highest BCUT2D eigenvalue weighted by molar-refractivity contribution is 6.51. The van der Waals surface area contributed by atoms with Crippen LogP contribution < -0.4 is 0 Å². The van der Waals surface area contributed by atoms with Gasteiger partial charge < -0.3 is 9.68 Å². The number of carbonyl (C=O) groups excluding carboxylic acids is 1. The van der Waals surface area contributed by atoms with E-state index in [4.69, 9.17) is 9.68 Å². The molecule has 0 spiro atoms. The maximum absolute atomic E-state index is 12.5. The van der Waals surface area contributed by atoms with Crippen LogP contribution in [0, 0.1) is 0 Å². The third-order valence-corrected chi connectivity index (χ3v) is 4.28. The van der Waals surface area contributed by atoms with Crippen molar-refractivity contribution >= 4 is 28.5 Å². The molecule has 0 bridgehead atoms. The molecule has 142 valence electrons. The van der Waals surface area contributed by atoms with Crippen molar-refractivity contribution in [3.05, 3.63) is 77.4 Å². The van der Waals surface area contributed by atoms with Gasteiger partial charge in [-0.25, -0.2) is 0 Å². The van der Waals surface area contributed by atoms with Crippen molar-refractivity contribution in [1.82, 2.24) is 0 Å². The molecule has 0 saturated heterocycles. The van der Waals surface area contributed by atoms with Crippen LogP contribution in [0.15, 0.2) is 76.0 Å². The molecule has 6 heteroatoms. The largest absolute Gasteiger partial charge is 0.399 e. The van der Waals surface area contributed by atoms with E-state index in [1.807, 2.05) is 48.5 Å². The van der Waals surface area contributed by atoms with Crippen LogP contribution in [-0.4, -0.2) is 43.7 Å². The molecule has 1 aliphatic rings. The minimum Gasteiger partial charge on any atom is -0.399 e. The summed E-state index contributed by atoms with van der Waals surface area (Å²) in [5.74, 6) is -0.0619. The predicted molar refractivity (Wildman–Crippen MR) is 111 cm³/mol. The Labute approximate surface area is 163 Å². The van der Waals surface area contributed by atoms with Crippen molar-refractivity contribution in [3.8, 4) is 0 Å². The molecule has 0 fully saturated rings. The fraction of sp³-hybridized carbons (Fsp3) is 0.182. The molecule has 6 nitrogen and oxygen atoms in total. The molecule has 0 unspecified atom stereocenters. The first-order chi connectivity index (χ1) is 13.6. The minimum atomic E-state index is -0.0619. The second-order valence-corrected chi connectivity index (χ2v) is 6.13. The smallest absolute Gasteiger partial charge is 0.210 e. The lowest BCUT2D eigenvalue weighted by Crippen LogP contribution is -2.13. The first-order valence-corrected chi connectivity index (χ1v) is 8.79.